The van der Waals surface area contributed by atoms with Gasteiger partial charge in [-0.2, -0.15) is 13.1 Å². The molecule has 1 aromatic carbocycles. The van der Waals surface area contributed by atoms with Crippen LogP contribution in [0.3, 0.4) is 0 Å². The average molecular weight is 285 g/mol. The third-order valence-corrected chi connectivity index (χ3v) is 4.11. The fourth-order valence-electron chi connectivity index (χ4n) is 1.60. The van der Waals surface area contributed by atoms with Crippen molar-refractivity contribution in [3.05, 3.63) is 29.8 Å². The van der Waals surface area contributed by atoms with Crippen molar-refractivity contribution in [2.75, 3.05) is 11.3 Å². The summed E-state index contributed by atoms with van der Waals surface area (Å²) in [7, 11) is -3.51. The van der Waals surface area contributed by atoms with Crippen LogP contribution in [-0.2, 0) is 15.6 Å². The van der Waals surface area contributed by atoms with E-state index in [0.717, 1.165) is 5.56 Å². The molecule has 0 saturated heterocycles. The van der Waals surface area contributed by atoms with Crippen LogP contribution in [0, 0.1) is 0 Å². The van der Waals surface area contributed by atoms with Crippen LogP contribution in [0.2, 0.25) is 0 Å². The largest absolute Gasteiger partial charge is 0.330 e. The van der Waals surface area contributed by atoms with E-state index in [9.17, 15) is 8.42 Å². The van der Waals surface area contributed by atoms with E-state index in [4.69, 9.17) is 5.73 Å². The van der Waals surface area contributed by atoms with Gasteiger partial charge in [0.05, 0.1) is 0 Å². The predicted octanol–water partition coefficient (Wildman–Crippen LogP) is 1.58. The molecule has 0 unspecified atom stereocenters. The van der Waals surface area contributed by atoms with Crippen LogP contribution in [0.5, 0.6) is 0 Å². The molecular weight excluding hydrogens is 262 g/mol. The smallest absolute Gasteiger partial charge is 0.299 e. The van der Waals surface area contributed by atoms with Crippen molar-refractivity contribution in [1.29, 1.82) is 0 Å². The van der Waals surface area contributed by atoms with Gasteiger partial charge in [-0.3, -0.25) is 4.72 Å². The third kappa shape index (κ3) is 4.81. The van der Waals surface area contributed by atoms with Crippen LogP contribution in [0.15, 0.2) is 24.3 Å². The molecular formula is C13H23N3O2S. The monoisotopic (exact) mass is 285 g/mol. The van der Waals surface area contributed by atoms with Crippen molar-refractivity contribution >= 4 is 15.9 Å². The van der Waals surface area contributed by atoms with Crippen molar-refractivity contribution in [2.24, 2.45) is 5.73 Å². The van der Waals surface area contributed by atoms with E-state index in [0.29, 0.717) is 12.2 Å². The van der Waals surface area contributed by atoms with Crippen molar-refractivity contribution < 1.29 is 8.42 Å². The zero-order valence-electron chi connectivity index (χ0n) is 11.9. The molecule has 0 spiro atoms. The van der Waals surface area contributed by atoms with Gasteiger partial charge < -0.3 is 5.73 Å². The highest BCUT2D eigenvalue weighted by atomic mass is 32.2. The van der Waals surface area contributed by atoms with Gasteiger partial charge in [0.15, 0.2) is 0 Å². The van der Waals surface area contributed by atoms with Gasteiger partial charge in [-0.1, -0.05) is 26.0 Å². The number of nitrogens with two attached hydrogens (primary N) is 1. The molecule has 0 aliphatic rings. The molecule has 0 aromatic heterocycles. The molecule has 0 radical (unpaired) electrons. The van der Waals surface area contributed by atoms with E-state index >= 15 is 0 Å². The number of benzene rings is 1. The molecule has 0 fully saturated rings. The molecule has 4 N–H and O–H groups in total. The lowest BCUT2D eigenvalue weighted by Crippen LogP contribution is -2.35. The minimum atomic E-state index is -3.51. The highest BCUT2D eigenvalue weighted by molar-refractivity contribution is 7.90. The molecule has 1 rings (SSSR count). The first kappa shape index (κ1) is 15.9. The Morgan fingerprint density at radius 2 is 1.74 bits per heavy atom. The Bertz CT molecular complexity index is 507. The van der Waals surface area contributed by atoms with E-state index in [1.807, 2.05) is 26.0 Å². The first-order valence-electron chi connectivity index (χ1n) is 6.27. The van der Waals surface area contributed by atoms with E-state index in [-0.39, 0.29) is 11.5 Å². The fourth-order valence-corrected chi connectivity index (χ4v) is 2.73. The van der Waals surface area contributed by atoms with Gasteiger partial charge in [0.2, 0.25) is 0 Å². The standard InChI is InChI=1S/C13H23N3O2S/c1-10(2)15-19(17,18)16-12-7-5-11(6-8-12)13(3,4)9-14/h5-8,10,15-16H,9,14H2,1-4H3. The molecule has 6 heteroatoms. The van der Waals surface area contributed by atoms with Crippen LogP contribution in [0.4, 0.5) is 5.69 Å². The first-order chi connectivity index (χ1) is 8.66. The van der Waals surface area contributed by atoms with Crippen LogP contribution in [0.1, 0.15) is 33.3 Å². The van der Waals surface area contributed by atoms with Gasteiger partial charge in [-0.25, -0.2) is 0 Å². The summed E-state index contributed by atoms with van der Waals surface area (Å²) >= 11 is 0. The topological polar surface area (TPSA) is 84.2 Å². The number of rotatable bonds is 6. The Morgan fingerprint density at radius 1 is 1.21 bits per heavy atom. The van der Waals surface area contributed by atoms with Gasteiger partial charge in [0.25, 0.3) is 10.2 Å². The number of hydrogen-bond acceptors (Lipinski definition) is 3. The lowest BCUT2D eigenvalue weighted by atomic mass is 9.85. The maximum Gasteiger partial charge on any atom is 0.299 e. The van der Waals surface area contributed by atoms with Crippen molar-refractivity contribution in [3.8, 4) is 0 Å². The van der Waals surface area contributed by atoms with Gasteiger partial charge in [0.1, 0.15) is 0 Å². The van der Waals surface area contributed by atoms with Gasteiger partial charge in [-0.15, -0.1) is 0 Å². The van der Waals surface area contributed by atoms with Crippen LogP contribution < -0.4 is 15.2 Å². The number of hydrogen-bond donors (Lipinski definition) is 3. The van der Waals surface area contributed by atoms with Gasteiger partial charge in [-0.05, 0) is 31.5 Å². The van der Waals surface area contributed by atoms with E-state index in [1.54, 1.807) is 26.0 Å². The summed E-state index contributed by atoms with van der Waals surface area (Å²) in [5, 5.41) is 0. The van der Waals surface area contributed by atoms with Crippen molar-refractivity contribution in [1.82, 2.24) is 4.72 Å². The molecule has 0 atom stereocenters. The second-order valence-corrected chi connectivity index (χ2v) is 6.99. The highest BCUT2D eigenvalue weighted by Gasteiger charge is 2.18. The summed E-state index contributed by atoms with van der Waals surface area (Å²) < 4.78 is 28.4. The van der Waals surface area contributed by atoms with E-state index in [2.05, 4.69) is 9.44 Å². The molecule has 108 valence electrons. The molecule has 5 nitrogen and oxygen atoms in total. The maximum absolute atomic E-state index is 11.7. The lowest BCUT2D eigenvalue weighted by molar-refractivity contribution is 0.539. The van der Waals surface area contributed by atoms with Crippen molar-refractivity contribution in [2.45, 2.75) is 39.2 Å². The quantitative estimate of drug-likeness (QED) is 0.742. The second kappa shape index (κ2) is 5.90. The van der Waals surface area contributed by atoms with Crippen LogP contribution >= 0.6 is 0 Å². The van der Waals surface area contributed by atoms with Gasteiger partial charge in [0, 0.05) is 23.7 Å². The zero-order valence-corrected chi connectivity index (χ0v) is 12.7. The molecule has 0 aliphatic heterocycles. The molecule has 0 bridgehead atoms. The Hall–Kier alpha value is -1.11. The molecule has 1 aromatic rings. The molecule has 0 saturated carbocycles. The molecule has 19 heavy (non-hydrogen) atoms. The summed E-state index contributed by atoms with van der Waals surface area (Å²) in [5.41, 5.74) is 7.20. The van der Waals surface area contributed by atoms with E-state index < -0.39 is 10.2 Å². The number of anilines is 1. The molecule has 0 aliphatic carbocycles. The summed E-state index contributed by atoms with van der Waals surface area (Å²) in [6.45, 7) is 8.17. The second-order valence-electron chi connectivity index (χ2n) is 5.54. The highest BCUT2D eigenvalue weighted by Crippen LogP contribution is 2.23. The maximum atomic E-state index is 11.7. The minimum absolute atomic E-state index is 0.117. The van der Waals surface area contributed by atoms with E-state index in [1.165, 1.54) is 0 Å². The summed E-state index contributed by atoms with van der Waals surface area (Å²) in [6.07, 6.45) is 0. The first-order valence-corrected chi connectivity index (χ1v) is 7.75. The summed E-state index contributed by atoms with van der Waals surface area (Å²) in [6, 6.07) is 7.12. The Kier molecular flexibility index (Phi) is 4.95. The summed E-state index contributed by atoms with van der Waals surface area (Å²) in [5.74, 6) is 0. The molecule has 0 heterocycles. The fraction of sp³-hybridized carbons (Fsp3) is 0.538. The number of nitrogens with one attached hydrogen (secondary N) is 2. The van der Waals surface area contributed by atoms with Crippen LogP contribution in [-0.4, -0.2) is 21.0 Å². The van der Waals surface area contributed by atoms with Gasteiger partial charge >= 0.3 is 0 Å². The third-order valence-electron chi connectivity index (χ3n) is 2.82. The van der Waals surface area contributed by atoms with Crippen LogP contribution in [0.25, 0.3) is 0 Å². The zero-order chi connectivity index (χ0) is 14.7. The van der Waals surface area contributed by atoms with Crippen molar-refractivity contribution in [3.63, 3.8) is 0 Å². The Labute approximate surface area is 115 Å². The minimum Gasteiger partial charge on any atom is -0.330 e. The average Bonchev–Trinajstić information content (AvgIpc) is 2.27. The Balaban J connectivity index is 2.84. The lowest BCUT2D eigenvalue weighted by Gasteiger charge is -2.23. The normalized spacial score (nSPS) is 12.7. The molecule has 0 amide bonds. The summed E-state index contributed by atoms with van der Waals surface area (Å²) in [4.78, 5) is 0. The predicted molar refractivity (Wildman–Crippen MR) is 79.3 cm³/mol. The SMILES string of the molecule is CC(C)NS(=O)(=O)Nc1ccc(C(C)(C)CN)cc1. The Morgan fingerprint density at radius 3 is 2.16 bits per heavy atom.